The third-order valence-electron chi connectivity index (χ3n) is 3.43. The van der Waals surface area contributed by atoms with Crippen molar-refractivity contribution in [3.8, 4) is 11.5 Å². The minimum absolute atomic E-state index is 0.140. The maximum absolute atomic E-state index is 12.1. The number of nitrogens with two attached hydrogens (primary N) is 1. The monoisotopic (exact) mass is 324 g/mol. The molecule has 1 aromatic rings. The van der Waals surface area contributed by atoms with Crippen LogP contribution in [0.25, 0.3) is 0 Å². The molecule has 0 heterocycles. The fourth-order valence-corrected chi connectivity index (χ4v) is 1.98. The number of benzene rings is 1. The molecule has 7 nitrogen and oxygen atoms in total. The molecule has 0 saturated carbocycles. The number of ether oxygens (including phenoxy) is 2. The van der Waals surface area contributed by atoms with Crippen molar-refractivity contribution in [2.45, 2.75) is 26.8 Å². The number of nitrogens with one attached hydrogen (secondary N) is 2. The number of hydrogen-bond donors (Lipinski definition) is 3. The van der Waals surface area contributed by atoms with Crippen molar-refractivity contribution in [2.24, 2.45) is 5.73 Å². The van der Waals surface area contributed by atoms with Gasteiger partial charge < -0.3 is 25.4 Å². The lowest BCUT2D eigenvalue weighted by Gasteiger charge is -2.18. The number of rotatable bonds is 9. The molecule has 0 aromatic heterocycles. The Labute approximate surface area is 136 Å². The van der Waals surface area contributed by atoms with Crippen molar-refractivity contribution in [3.05, 3.63) is 18.2 Å². The van der Waals surface area contributed by atoms with E-state index in [9.17, 15) is 9.59 Å². The van der Waals surface area contributed by atoms with Crippen LogP contribution in [0.1, 0.15) is 20.8 Å². The predicted octanol–water partition coefficient (Wildman–Crippen LogP) is -0.189. The van der Waals surface area contributed by atoms with Gasteiger partial charge in [-0.1, -0.05) is 0 Å². The van der Waals surface area contributed by atoms with Crippen molar-refractivity contribution < 1.29 is 24.0 Å². The molecule has 0 radical (unpaired) electrons. The second-order valence-corrected chi connectivity index (χ2v) is 5.22. The van der Waals surface area contributed by atoms with Gasteiger partial charge in [0.1, 0.15) is 0 Å². The molecule has 2 atom stereocenters. The zero-order chi connectivity index (χ0) is 17.4. The Hall–Kier alpha value is -2.28. The van der Waals surface area contributed by atoms with E-state index >= 15 is 0 Å². The van der Waals surface area contributed by atoms with Crippen molar-refractivity contribution in [2.75, 3.05) is 32.1 Å². The van der Waals surface area contributed by atoms with Crippen LogP contribution in [-0.2, 0) is 9.59 Å². The van der Waals surface area contributed by atoms with Gasteiger partial charge in [-0.15, -0.1) is 0 Å². The Morgan fingerprint density at radius 2 is 1.83 bits per heavy atom. The molecule has 7 heteroatoms. The standard InChI is InChI=1S/C16H25N3O4/c1-5-22-13-8-7-12(9-14(13)23-6-2)18-15(20)10-19(4)11(3)16(17)21/h7-9,11H,5-6,10H2,1-4H3,(H2,17,21)(H,18,20)/p+1/t11-/m0/s1. The summed E-state index contributed by atoms with van der Waals surface area (Å²) in [5.41, 5.74) is 5.85. The quantitative estimate of drug-likeness (QED) is 0.587. The van der Waals surface area contributed by atoms with E-state index in [2.05, 4.69) is 5.32 Å². The number of likely N-dealkylation sites (N-methyl/N-ethyl adjacent to an activating group) is 1. The van der Waals surface area contributed by atoms with Gasteiger partial charge in [-0.25, -0.2) is 0 Å². The summed E-state index contributed by atoms with van der Waals surface area (Å²) in [6.45, 7) is 6.64. The molecular weight excluding hydrogens is 298 g/mol. The fraction of sp³-hybridized carbons (Fsp3) is 0.500. The molecule has 0 aliphatic heterocycles. The Morgan fingerprint density at radius 1 is 1.22 bits per heavy atom. The molecule has 1 unspecified atom stereocenters. The van der Waals surface area contributed by atoms with E-state index in [1.54, 1.807) is 32.2 Å². The van der Waals surface area contributed by atoms with Crippen molar-refractivity contribution in [1.82, 2.24) is 0 Å². The molecular formula is C16H26N3O4+. The van der Waals surface area contributed by atoms with Crippen molar-refractivity contribution >= 4 is 17.5 Å². The lowest BCUT2D eigenvalue weighted by Crippen LogP contribution is -3.15. The first kappa shape index (κ1) is 18.8. The lowest BCUT2D eigenvalue weighted by molar-refractivity contribution is -0.885. The molecule has 128 valence electrons. The van der Waals surface area contributed by atoms with Crippen LogP contribution in [0.4, 0.5) is 5.69 Å². The van der Waals surface area contributed by atoms with Gasteiger partial charge >= 0.3 is 0 Å². The first-order valence-electron chi connectivity index (χ1n) is 7.70. The van der Waals surface area contributed by atoms with Gasteiger partial charge in [0, 0.05) is 11.8 Å². The molecule has 4 N–H and O–H groups in total. The van der Waals surface area contributed by atoms with Gasteiger partial charge in [-0.3, -0.25) is 9.59 Å². The largest absolute Gasteiger partial charge is 0.490 e. The van der Waals surface area contributed by atoms with Crippen LogP contribution < -0.4 is 25.4 Å². The Bertz CT molecular complexity index is 548. The Balaban J connectivity index is 2.74. The number of amides is 2. The lowest BCUT2D eigenvalue weighted by atomic mass is 10.2. The molecule has 1 rings (SSSR count). The summed E-state index contributed by atoms with van der Waals surface area (Å²) >= 11 is 0. The Morgan fingerprint density at radius 3 is 2.39 bits per heavy atom. The molecule has 1 aromatic carbocycles. The van der Waals surface area contributed by atoms with Crippen LogP contribution in [0.2, 0.25) is 0 Å². The maximum atomic E-state index is 12.1. The van der Waals surface area contributed by atoms with Gasteiger partial charge in [0.2, 0.25) is 0 Å². The highest BCUT2D eigenvalue weighted by atomic mass is 16.5. The van der Waals surface area contributed by atoms with Gasteiger partial charge in [-0.05, 0) is 32.9 Å². The first-order valence-corrected chi connectivity index (χ1v) is 7.70. The van der Waals surface area contributed by atoms with Crippen molar-refractivity contribution in [3.63, 3.8) is 0 Å². The third kappa shape index (κ3) is 5.78. The average Bonchev–Trinajstić information content (AvgIpc) is 2.49. The van der Waals surface area contributed by atoms with E-state index in [-0.39, 0.29) is 12.5 Å². The van der Waals surface area contributed by atoms with Crippen LogP contribution >= 0.6 is 0 Å². The molecule has 0 fully saturated rings. The molecule has 0 aliphatic rings. The van der Waals surface area contributed by atoms with Crippen LogP contribution in [0, 0.1) is 0 Å². The summed E-state index contributed by atoms with van der Waals surface area (Å²) in [4.78, 5) is 23.9. The summed E-state index contributed by atoms with van der Waals surface area (Å²) in [7, 11) is 1.75. The molecule has 0 aliphatic carbocycles. The van der Waals surface area contributed by atoms with E-state index in [1.807, 2.05) is 13.8 Å². The molecule has 23 heavy (non-hydrogen) atoms. The van der Waals surface area contributed by atoms with Gasteiger partial charge in [-0.2, -0.15) is 0 Å². The first-order chi connectivity index (χ1) is 10.9. The van der Waals surface area contributed by atoms with Crippen LogP contribution in [-0.4, -0.2) is 44.7 Å². The Kier molecular flexibility index (Phi) is 7.34. The molecule has 2 amide bonds. The van der Waals surface area contributed by atoms with Gasteiger partial charge in [0.25, 0.3) is 11.8 Å². The maximum Gasteiger partial charge on any atom is 0.279 e. The summed E-state index contributed by atoms with van der Waals surface area (Å²) < 4.78 is 11.0. The third-order valence-corrected chi connectivity index (χ3v) is 3.43. The minimum Gasteiger partial charge on any atom is -0.490 e. The number of carbonyl (C=O) groups excluding carboxylic acids is 2. The minimum atomic E-state index is -0.435. The number of quaternary nitrogens is 1. The van der Waals surface area contributed by atoms with Crippen LogP contribution in [0.5, 0.6) is 11.5 Å². The second kappa shape index (κ2) is 8.99. The highest BCUT2D eigenvalue weighted by Gasteiger charge is 2.21. The number of primary amides is 1. The SMILES string of the molecule is CCOc1ccc(NC(=O)C[NH+](C)[C@@H](C)C(N)=O)cc1OCC. The van der Waals surface area contributed by atoms with Crippen molar-refractivity contribution in [1.29, 1.82) is 0 Å². The topological polar surface area (TPSA) is 95.1 Å². The second-order valence-electron chi connectivity index (χ2n) is 5.22. The van der Waals surface area contributed by atoms with E-state index in [0.29, 0.717) is 30.4 Å². The van der Waals surface area contributed by atoms with Crippen LogP contribution in [0.15, 0.2) is 18.2 Å². The summed E-state index contributed by atoms with van der Waals surface area (Å²) in [6.07, 6.45) is 0. The van der Waals surface area contributed by atoms with E-state index < -0.39 is 11.9 Å². The number of anilines is 1. The zero-order valence-electron chi connectivity index (χ0n) is 14.1. The average molecular weight is 324 g/mol. The predicted molar refractivity (Wildman–Crippen MR) is 87.8 cm³/mol. The molecule has 0 spiro atoms. The summed E-state index contributed by atoms with van der Waals surface area (Å²) in [5, 5.41) is 2.79. The normalized spacial score (nSPS) is 13.0. The van der Waals surface area contributed by atoms with Crippen LogP contribution in [0.3, 0.4) is 0 Å². The smallest absolute Gasteiger partial charge is 0.279 e. The molecule has 0 bridgehead atoms. The van der Waals surface area contributed by atoms with E-state index in [1.165, 1.54) is 0 Å². The molecule has 0 saturated heterocycles. The number of hydrogen-bond acceptors (Lipinski definition) is 4. The highest BCUT2D eigenvalue weighted by Crippen LogP contribution is 2.30. The van der Waals surface area contributed by atoms with E-state index in [0.717, 1.165) is 4.90 Å². The van der Waals surface area contributed by atoms with Gasteiger partial charge in [0.15, 0.2) is 24.1 Å². The number of carbonyl (C=O) groups is 2. The summed E-state index contributed by atoms with van der Waals surface area (Å²) in [6, 6.07) is 4.80. The van der Waals surface area contributed by atoms with Gasteiger partial charge in [0.05, 0.1) is 20.3 Å². The highest BCUT2D eigenvalue weighted by molar-refractivity contribution is 5.92. The summed E-state index contributed by atoms with van der Waals surface area (Å²) in [5.74, 6) is 0.577. The zero-order valence-corrected chi connectivity index (χ0v) is 14.1. The van der Waals surface area contributed by atoms with E-state index in [4.69, 9.17) is 15.2 Å². The fourth-order valence-electron chi connectivity index (χ4n) is 1.98.